The highest BCUT2D eigenvalue weighted by Crippen LogP contribution is 2.27. The van der Waals surface area contributed by atoms with Gasteiger partial charge in [0.2, 0.25) is 0 Å². The SMILES string of the molecule is CCC(NC)c1cccc(-c2cccc(OC)c2)c1. The zero-order chi connectivity index (χ0) is 13.7. The third-order valence-electron chi connectivity index (χ3n) is 3.45. The Morgan fingerprint density at radius 1 is 1.05 bits per heavy atom. The number of nitrogens with one attached hydrogen (secondary N) is 1. The maximum atomic E-state index is 5.28. The molecule has 1 atom stereocenters. The van der Waals surface area contributed by atoms with Crippen molar-refractivity contribution in [3.63, 3.8) is 0 Å². The quantitative estimate of drug-likeness (QED) is 0.871. The Hall–Kier alpha value is -1.80. The highest BCUT2D eigenvalue weighted by molar-refractivity contribution is 5.65. The number of rotatable bonds is 5. The van der Waals surface area contributed by atoms with Crippen molar-refractivity contribution in [2.75, 3.05) is 14.2 Å². The van der Waals surface area contributed by atoms with Crippen LogP contribution in [0, 0.1) is 0 Å². The van der Waals surface area contributed by atoms with Gasteiger partial charge < -0.3 is 10.1 Å². The van der Waals surface area contributed by atoms with Crippen LogP contribution in [-0.2, 0) is 0 Å². The van der Waals surface area contributed by atoms with E-state index in [0.717, 1.165) is 12.2 Å². The smallest absolute Gasteiger partial charge is 0.119 e. The Bertz CT molecular complexity index is 532. The maximum absolute atomic E-state index is 5.28. The molecule has 0 aliphatic rings. The van der Waals surface area contributed by atoms with Crippen LogP contribution in [0.2, 0.25) is 0 Å². The standard InChI is InChI=1S/C17H21NO/c1-4-17(18-2)15-9-5-7-13(11-15)14-8-6-10-16(12-14)19-3/h5-12,17-18H,4H2,1-3H3. The molecular weight excluding hydrogens is 234 g/mol. The second kappa shape index (κ2) is 6.39. The predicted molar refractivity (Wildman–Crippen MR) is 80.5 cm³/mol. The minimum atomic E-state index is 0.408. The largest absolute Gasteiger partial charge is 0.497 e. The Morgan fingerprint density at radius 2 is 1.74 bits per heavy atom. The first-order chi connectivity index (χ1) is 9.28. The number of hydrogen-bond donors (Lipinski definition) is 1. The molecule has 0 aromatic heterocycles. The summed E-state index contributed by atoms with van der Waals surface area (Å²) in [4.78, 5) is 0. The summed E-state index contributed by atoms with van der Waals surface area (Å²) >= 11 is 0. The summed E-state index contributed by atoms with van der Waals surface area (Å²) in [6.07, 6.45) is 1.08. The minimum absolute atomic E-state index is 0.408. The maximum Gasteiger partial charge on any atom is 0.119 e. The van der Waals surface area contributed by atoms with Gasteiger partial charge in [-0.15, -0.1) is 0 Å². The fraction of sp³-hybridized carbons (Fsp3) is 0.294. The van der Waals surface area contributed by atoms with Gasteiger partial charge in [-0.25, -0.2) is 0 Å². The number of methoxy groups -OCH3 is 1. The summed E-state index contributed by atoms with van der Waals surface area (Å²) in [7, 11) is 3.70. The molecule has 0 bridgehead atoms. The highest BCUT2D eigenvalue weighted by Gasteiger charge is 2.07. The molecule has 1 N–H and O–H groups in total. The third-order valence-corrected chi connectivity index (χ3v) is 3.45. The molecule has 2 nitrogen and oxygen atoms in total. The van der Waals surface area contributed by atoms with Crippen molar-refractivity contribution in [2.45, 2.75) is 19.4 Å². The molecule has 0 saturated heterocycles. The van der Waals surface area contributed by atoms with Crippen LogP contribution in [0.4, 0.5) is 0 Å². The normalized spacial score (nSPS) is 12.2. The third kappa shape index (κ3) is 3.15. The number of ether oxygens (including phenoxy) is 1. The fourth-order valence-corrected chi connectivity index (χ4v) is 2.34. The van der Waals surface area contributed by atoms with Gasteiger partial charge in [-0.3, -0.25) is 0 Å². The second-order valence-corrected chi connectivity index (χ2v) is 4.61. The summed E-state index contributed by atoms with van der Waals surface area (Å²) in [6, 6.07) is 17.3. The average molecular weight is 255 g/mol. The first-order valence-corrected chi connectivity index (χ1v) is 6.70. The van der Waals surface area contributed by atoms with Crippen molar-refractivity contribution in [1.82, 2.24) is 5.32 Å². The first kappa shape index (κ1) is 13.6. The van der Waals surface area contributed by atoms with Crippen LogP contribution in [0.1, 0.15) is 24.9 Å². The molecule has 2 aromatic rings. The summed E-state index contributed by atoms with van der Waals surface area (Å²) in [5, 5.41) is 3.34. The van der Waals surface area contributed by atoms with Crippen LogP contribution in [-0.4, -0.2) is 14.2 Å². The van der Waals surface area contributed by atoms with Crippen LogP contribution < -0.4 is 10.1 Å². The van der Waals surface area contributed by atoms with Gasteiger partial charge >= 0.3 is 0 Å². The van der Waals surface area contributed by atoms with E-state index in [9.17, 15) is 0 Å². The van der Waals surface area contributed by atoms with Crippen LogP contribution >= 0.6 is 0 Å². The number of benzene rings is 2. The van der Waals surface area contributed by atoms with Crippen molar-refractivity contribution >= 4 is 0 Å². The topological polar surface area (TPSA) is 21.3 Å². The molecule has 0 saturated carbocycles. The summed E-state index contributed by atoms with van der Waals surface area (Å²) in [6.45, 7) is 2.19. The molecule has 0 fully saturated rings. The Balaban J connectivity index is 2.37. The highest BCUT2D eigenvalue weighted by atomic mass is 16.5. The van der Waals surface area contributed by atoms with Crippen LogP contribution in [0.15, 0.2) is 48.5 Å². The molecule has 100 valence electrons. The molecule has 2 aromatic carbocycles. The van der Waals surface area contributed by atoms with Gasteiger partial charge in [-0.05, 0) is 48.4 Å². The van der Waals surface area contributed by atoms with Crippen LogP contribution in [0.25, 0.3) is 11.1 Å². The summed E-state index contributed by atoms with van der Waals surface area (Å²) < 4.78 is 5.28. The van der Waals surface area contributed by atoms with E-state index in [-0.39, 0.29) is 0 Å². The van der Waals surface area contributed by atoms with Gasteiger partial charge in [-0.1, -0.05) is 37.3 Å². The molecule has 0 aliphatic carbocycles. The average Bonchev–Trinajstić information content (AvgIpc) is 2.49. The van der Waals surface area contributed by atoms with Gasteiger partial charge in [0.15, 0.2) is 0 Å². The zero-order valence-corrected chi connectivity index (χ0v) is 11.8. The predicted octanol–water partition coefficient (Wildman–Crippen LogP) is 4.03. The molecule has 0 heterocycles. The molecule has 2 rings (SSSR count). The van der Waals surface area contributed by atoms with E-state index >= 15 is 0 Å². The van der Waals surface area contributed by atoms with E-state index in [1.807, 2.05) is 19.2 Å². The molecule has 0 radical (unpaired) electrons. The molecular formula is C17H21NO. The summed E-state index contributed by atoms with van der Waals surface area (Å²) in [5.41, 5.74) is 3.74. The van der Waals surface area contributed by atoms with E-state index in [1.54, 1.807) is 7.11 Å². The molecule has 0 aliphatic heterocycles. The van der Waals surface area contributed by atoms with E-state index in [0.29, 0.717) is 6.04 Å². The first-order valence-electron chi connectivity index (χ1n) is 6.70. The van der Waals surface area contributed by atoms with Crippen molar-refractivity contribution in [2.24, 2.45) is 0 Å². The monoisotopic (exact) mass is 255 g/mol. The van der Waals surface area contributed by atoms with Crippen LogP contribution in [0.5, 0.6) is 5.75 Å². The fourth-order valence-electron chi connectivity index (χ4n) is 2.34. The van der Waals surface area contributed by atoms with Gasteiger partial charge in [0, 0.05) is 6.04 Å². The van der Waals surface area contributed by atoms with Gasteiger partial charge in [0.25, 0.3) is 0 Å². The lowest BCUT2D eigenvalue weighted by Crippen LogP contribution is -2.15. The zero-order valence-electron chi connectivity index (χ0n) is 11.8. The Kier molecular flexibility index (Phi) is 4.58. The number of hydrogen-bond acceptors (Lipinski definition) is 2. The summed E-state index contributed by atoms with van der Waals surface area (Å²) in [5.74, 6) is 0.892. The molecule has 0 spiro atoms. The van der Waals surface area contributed by atoms with Crippen molar-refractivity contribution in [3.8, 4) is 16.9 Å². The van der Waals surface area contributed by atoms with Crippen molar-refractivity contribution in [3.05, 3.63) is 54.1 Å². The van der Waals surface area contributed by atoms with Crippen molar-refractivity contribution < 1.29 is 4.74 Å². The van der Waals surface area contributed by atoms with Gasteiger partial charge in [-0.2, -0.15) is 0 Å². The van der Waals surface area contributed by atoms with Crippen molar-refractivity contribution in [1.29, 1.82) is 0 Å². The van der Waals surface area contributed by atoms with Gasteiger partial charge in [0.05, 0.1) is 7.11 Å². The second-order valence-electron chi connectivity index (χ2n) is 4.61. The molecule has 0 amide bonds. The van der Waals surface area contributed by atoms with E-state index in [4.69, 9.17) is 4.74 Å². The lowest BCUT2D eigenvalue weighted by molar-refractivity contribution is 0.415. The van der Waals surface area contributed by atoms with E-state index in [2.05, 4.69) is 48.6 Å². The Labute approximate surface area is 115 Å². The molecule has 1 unspecified atom stereocenters. The molecule has 2 heteroatoms. The minimum Gasteiger partial charge on any atom is -0.497 e. The Morgan fingerprint density at radius 3 is 2.37 bits per heavy atom. The van der Waals surface area contributed by atoms with Crippen LogP contribution in [0.3, 0.4) is 0 Å². The molecule has 19 heavy (non-hydrogen) atoms. The van der Waals surface area contributed by atoms with Gasteiger partial charge in [0.1, 0.15) is 5.75 Å². The lowest BCUT2D eigenvalue weighted by Gasteiger charge is -2.15. The van der Waals surface area contributed by atoms with E-state index in [1.165, 1.54) is 16.7 Å². The van der Waals surface area contributed by atoms with E-state index < -0.39 is 0 Å². The lowest BCUT2D eigenvalue weighted by atomic mass is 9.98.